The van der Waals surface area contributed by atoms with Gasteiger partial charge in [0.2, 0.25) is 5.56 Å². The van der Waals surface area contributed by atoms with Gasteiger partial charge in [0, 0.05) is 11.8 Å². The third-order valence-electron chi connectivity index (χ3n) is 1.56. The Labute approximate surface area is 66.3 Å². The zero-order valence-electron chi connectivity index (χ0n) is 6.98. The lowest BCUT2D eigenvalue weighted by Crippen LogP contribution is -2.07. The Morgan fingerprint density at radius 1 is 1.45 bits per heavy atom. The Kier molecular flexibility index (Phi) is 2.47. The van der Waals surface area contributed by atoms with Crippen molar-refractivity contribution >= 4 is 0 Å². The van der Waals surface area contributed by atoms with Gasteiger partial charge in [-0.05, 0) is 25.0 Å². The summed E-state index contributed by atoms with van der Waals surface area (Å²) in [5.41, 5.74) is 2.09. The van der Waals surface area contributed by atoms with E-state index in [1.807, 2.05) is 13.0 Å². The molecule has 0 atom stereocenters. The van der Waals surface area contributed by atoms with Crippen molar-refractivity contribution in [3.63, 3.8) is 0 Å². The third-order valence-corrected chi connectivity index (χ3v) is 1.56. The number of H-pyrrole nitrogens is 1. The fourth-order valence-electron chi connectivity index (χ4n) is 1.16. The first kappa shape index (κ1) is 8.05. The van der Waals surface area contributed by atoms with Crippen LogP contribution in [0.15, 0.2) is 16.9 Å². The van der Waals surface area contributed by atoms with Crippen LogP contribution < -0.4 is 5.56 Å². The van der Waals surface area contributed by atoms with Crippen molar-refractivity contribution in [1.82, 2.24) is 4.98 Å². The van der Waals surface area contributed by atoms with Crippen LogP contribution in [0.1, 0.15) is 24.6 Å². The highest BCUT2D eigenvalue weighted by Crippen LogP contribution is 1.99. The van der Waals surface area contributed by atoms with Crippen LogP contribution >= 0.6 is 0 Å². The molecule has 11 heavy (non-hydrogen) atoms. The van der Waals surface area contributed by atoms with Crippen molar-refractivity contribution < 1.29 is 0 Å². The molecule has 2 heteroatoms. The average molecular weight is 151 g/mol. The molecule has 0 aliphatic carbocycles. The molecule has 1 aromatic rings. The maximum atomic E-state index is 10.9. The molecule has 0 spiro atoms. The maximum absolute atomic E-state index is 10.9. The predicted molar refractivity (Wildman–Crippen MR) is 45.8 cm³/mol. The molecule has 60 valence electrons. The Bertz CT molecular complexity index is 288. The van der Waals surface area contributed by atoms with Gasteiger partial charge in [0.1, 0.15) is 0 Å². The van der Waals surface area contributed by atoms with Crippen molar-refractivity contribution in [1.29, 1.82) is 0 Å². The monoisotopic (exact) mass is 151 g/mol. The summed E-state index contributed by atoms with van der Waals surface area (Å²) in [6, 6.07) is 3.63. The van der Waals surface area contributed by atoms with Crippen LogP contribution in [0.5, 0.6) is 0 Å². The molecule has 0 saturated carbocycles. The fraction of sp³-hybridized carbons (Fsp3) is 0.444. The van der Waals surface area contributed by atoms with E-state index in [9.17, 15) is 4.79 Å². The van der Waals surface area contributed by atoms with Gasteiger partial charge in [0.15, 0.2) is 0 Å². The molecular formula is C9H13NO. The SMILES string of the molecule is CCCc1cc(C)cc(=O)[nH]1. The van der Waals surface area contributed by atoms with Gasteiger partial charge in [-0.1, -0.05) is 13.3 Å². The summed E-state index contributed by atoms with van der Waals surface area (Å²) in [7, 11) is 0. The van der Waals surface area contributed by atoms with Gasteiger partial charge < -0.3 is 4.98 Å². The first-order valence-corrected chi connectivity index (χ1v) is 3.92. The molecule has 1 heterocycles. The van der Waals surface area contributed by atoms with E-state index >= 15 is 0 Å². The van der Waals surface area contributed by atoms with Crippen LogP contribution in [0.4, 0.5) is 0 Å². The van der Waals surface area contributed by atoms with Crippen LogP contribution in [0, 0.1) is 6.92 Å². The lowest BCUT2D eigenvalue weighted by atomic mass is 10.2. The smallest absolute Gasteiger partial charge is 0.248 e. The molecule has 1 N–H and O–H groups in total. The number of hydrogen-bond acceptors (Lipinski definition) is 1. The summed E-state index contributed by atoms with van der Waals surface area (Å²) in [5.74, 6) is 0. The Morgan fingerprint density at radius 2 is 2.18 bits per heavy atom. The summed E-state index contributed by atoms with van der Waals surface area (Å²) in [5, 5.41) is 0. The molecule has 0 unspecified atom stereocenters. The first-order chi connectivity index (χ1) is 5.22. The van der Waals surface area contributed by atoms with Crippen LogP contribution in [0.25, 0.3) is 0 Å². The fourth-order valence-corrected chi connectivity index (χ4v) is 1.16. The first-order valence-electron chi connectivity index (χ1n) is 3.92. The van der Waals surface area contributed by atoms with E-state index in [4.69, 9.17) is 0 Å². The highest BCUT2D eigenvalue weighted by Gasteiger charge is 1.93. The molecule has 0 aliphatic rings. The van der Waals surface area contributed by atoms with Gasteiger partial charge in [-0.3, -0.25) is 4.79 Å². The third kappa shape index (κ3) is 2.22. The average Bonchev–Trinajstić information content (AvgIpc) is 1.85. The molecule has 0 saturated heterocycles. The second-order valence-corrected chi connectivity index (χ2v) is 2.80. The van der Waals surface area contributed by atoms with Crippen molar-refractivity contribution in [2.24, 2.45) is 0 Å². The number of aryl methyl sites for hydroxylation is 2. The van der Waals surface area contributed by atoms with E-state index in [-0.39, 0.29) is 5.56 Å². The number of pyridine rings is 1. The van der Waals surface area contributed by atoms with Crippen LogP contribution in [0.2, 0.25) is 0 Å². The summed E-state index contributed by atoms with van der Waals surface area (Å²) in [4.78, 5) is 13.7. The molecule has 1 aromatic heterocycles. The Hall–Kier alpha value is -1.05. The molecule has 1 rings (SSSR count). The molecule has 0 radical (unpaired) electrons. The molecular weight excluding hydrogens is 138 g/mol. The normalized spacial score (nSPS) is 10.0. The van der Waals surface area contributed by atoms with Gasteiger partial charge in [-0.25, -0.2) is 0 Å². The van der Waals surface area contributed by atoms with Crippen molar-refractivity contribution in [3.05, 3.63) is 33.7 Å². The zero-order valence-corrected chi connectivity index (χ0v) is 6.98. The number of nitrogens with one attached hydrogen (secondary N) is 1. The van der Waals surface area contributed by atoms with Crippen LogP contribution in [-0.4, -0.2) is 4.98 Å². The maximum Gasteiger partial charge on any atom is 0.248 e. The van der Waals surface area contributed by atoms with Gasteiger partial charge >= 0.3 is 0 Å². The Balaban J connectivity index is 2.99. The summed E-state index contributed by atoms with van der Waals surface area (Å²) < 4.78 is 0. The molecule has 0 aromatic carbocycles. The van der Waals surface area contributed by atoms with Gasteiger partial charge in [0.25, 0.3) is 0 Å². The summed E-state index contributed by atoms with van der Waals surface area (Å²) in [6.45, 7) is 4.04. The summed E-state index contributed by atoms with van der Waals surface area (Å²) in [6.07, 6.45) is 2.02. The highest BCUT2D eigenvalue weighted by molar-refractivity contribution is 5.14. The summed E-state index contributed by atoms with van der Waals surface area (Å²) >= 11 is 0. The van der Waals surface area contributed by atoms with E-state index in [0.29, 0.717) is 0 Å². The highest BCUT2D eigenvalue weighted by atomic mass is 16.1. The van der Waals surface area contributed by atoms with Gasteiger partial charge in [-0.15, -0.1) is 0 Å². The number of aromatic nitrogens is 1. The van der Waals surface area contributed by atoms with Gasteiger partial charge in [0.05, 0.1) is 0 Å². The predicted octanol–water partition coefficient (Wildman–Crippen LogP) is 1.64. The Morgan fingerprint density at radius 3 is 2.73 bits per heavy atom. The van der Waals surface area contributed by atoms with Crippen molar-refractivity contribution in [2.45, 2.75) is 26.7 Å². The zero-order chi connectivity index (χ0) is 8.27. The lowest BCUT2D eigenvalue weighted by molar-refractivity contribution is 0.872. The molecule has 0 bridgehead atoms. The van der Waals surface area contributed by atoms with Crippen LogP contribution in [-0.2, 0) is 6.42 Å². The van der Waals surface area contributed by atoms with E-state index in [1.165, 1.54) is 0 Å². The van der Waals surface area contributed by atoms with E-state index in [2.05, 4.69) is 11.9 Å². The number of rotatable bonds is 2. The molecule has 0 aliphatic heterocycles. The minimum absolute atomic E-state index is 0.00782. The standard InChI is InChI=1S/C9H13NO/c1-3-4-8-5-7(2)6-9(11)10-8/h5-6H,3-4H2,1-2H3,(H,10,11). The van der Waals surface area contributed by atoms with E-state index in [0.717, 1.165) is 24.1 Å². The number of hydrogen-bond donors (Lipinski definition) is 1. The van der Waals surface area contributed by atoms with E-state index < -0.39 is 0 Å². The topological polar surface area (TPSA) is 32.9 Å². The molecule has 2 nitrogen and oxygen atoms in total. The largest absolute Gasteiger partial charge is 0.326 e. The van der Waals surface area contributed by atoms with Crippen molar-refractivity contribution in [3.8, 4) is 0 Å². The molecule has 0 amide bonds. The second-order valence-electron chi connectivity index (χ2n) is 2.80. The number of aromatic amines is 1. The second kappa shape index (κ2) is 3.37. The van der Waals surface area contributed by atoms with E-state index in [1.54, 1.807) is 6.07 Å². The van der Waals surface area contributed by atoms with Gasteiger partial charge in [-0.2, -0.15) is 0 Å². The van der Waals surface area contributed by atoms with Crippen molar-refractivity contribution in [2.75, 3.05) is 0 Å². The molecule has 0 fully saturated rings. The quantitative estimate of drug-likeness (QED) is 0.684. The lowest BCUT2D eigenvalue weighted by Gasteiger charge is -1.98. The minimum Gasteiger partial charge on any atom is -0.326 e. The van der Waals surface area contributed by atoms with Crippen LogP contribution in [0.3, 0.4) is 0 Å². The minimum atomic E-state index is 0.00782.